The van der Waals surface area contributed by atoms with Gasteiger partial charge in [-0.2, -0.15) is 0 Å². The zero-order valence-electron chi connectivity index (χ0n) is 21.8. The van der Waals surface area contributed by atoms with Gasteiger partial charge in [-0.25, -0.2) is 4.98 Å². The second-order valence-electron chi connectivity index (χ2n) is 9.83. The summed E-state index contributed by atoms with van der Waals surface area (Å²) in [7, 11) is 0. The Morgan fingerprint density at radius 2 is 1.39 bits per heavy atom. The molecule has 0 atom stereocenters. The van der Waals surface area contributed by atoms with Crippen molar-refractivity contribution in [1.29, 1.82) is 0 Å². The van der Waals surface area contributed by atoms with Gasteiger partial charge in [-0.05, 0) is 55.0 Å². The molecule has 6 rings (SSSR count). The molecular weight excluding hydrogens is 466 g/mol. The maximum atomic E-state index is 6.14. The number of aromatic amines is 1. The molecule has 6 aromatic rings. The summed E-state index contributed by atoms with van der Waals surface area (Å²) in [5, 5.41) is 3.78. The van der Waals surface area contributed by atoms with Gasteiger partial charge in [-0.3, -0.25) is 0 Å². The SMILES string of the molecule is N.c1ccc(COc2cccc3ccc(CCCCCCc4cccc5c4[nH]c4ccccc45)nc23)cc1. The molecule has 4 aromatic carbocycles. The van der Waals surface area contributed by atoms with Crippen molar-refractivity contribution in [3.05, 3.63) is 120 Å². The molecule has 4 heteroatoms. The Labute approximate surface area is 224 Å². The maximum Gasteiger partial charge on any atom is 0.146 e. The van der Waals surface area contributed by atoms with E-state index >= 15 is 0 Å². The lowest BCUT2D eigenvalue weighted by Crippen LogP contribution is -1.98. The molecule has 0 radical (unpaired) electrons. The van der Waals surface area contributed by atoms with Crippen molar-refractivity contribution < 1.29 is 4.74 Å². The van der Waals surface area contributed by atoms with Crippen LogP contribution >= 0.6 is 0 Å². The fourth-order valence-corrected chi connectivity index (χ4v) is 5.27. The normalized spacial score (nSPS) is 11.2. The zero-order valence-corrected chi connectivity index (χ0v) is 21.8. The largest absolute Gasteiger partial charge is 0.487 e. The Morgan fingerprint density at radius 3 is 2.29 bits per heavy atom. The summed E-state index contributed by atoms with van der Waals surface area (Å²) in [6.07, 6.45) is 6.92. The van der Waals surface area contributed by atoms with Crippen molar-refractivity contribution in [2.45, 2.75) is 45.1 Å². The average Bonchev–Trinajstić information content (AvgIpc) is 3.34. The highest BCUT2D eigenvalue weighted by molar-refractivity contribution is 6.08. The monoisotopic (exact) mass is 501 g/mol. The van der Waals surface area contributed by atoms with Crippen molar-refractivity contribution in [1.82, 2.24) is 16.1 Å². The molecule has 0 aliphatic heterocycles. The van der Waals surface area contributed by atoms with E-state index in [4.69, 9.17) is 9.72 Å². The first-order valence-electron chi connectivity index (χ1n) is 13.4. The summed E-state index contributed by atoms with van der Waals surface area (Å²) in [6.45, 7) is 0.554. The van der Waals surface area contributed by atoms with E-state index in [9.17, 15) is 0 Å². The summed E-state index contributed by atoms with van der Waals surface area (Å²) in [4.78, 5) is 8.62. The van der Waals surface area contributed by atoms with Gasteiger partial charge in [-0.15, -0.1) is 0 Å². The lowest BCUT2D eigenvalue weighted by Gasteiger charge is -2.10. The van der Waals surface area contributed by atoms with Crippen molar-refractivity contribution in [2.24, 2.45) is 0 Å². The van der Waals surface area contributed by atoms with Crippen molar-refractivity contribution in [2.75, 3.05) is 0 Å². The molecule has 192 valence electrons. The van der Waals surface area contributed by atoms with Gasteiger partial charge in [0.05, 0.1) is 0 Å². The first kappa shape index (κ1) is 25.5. The summed E-state index contributed by atoms with van der Waals surface area (Å²) in [6, 6.07) is 36.1. The minimum absolute atomic E-state index is 0. The van der Waals surface area contributed by atoms with Gasteiger partial charge in [0.2, 0.25) is 0 Å². The Bertz CT molecular complexity index is 1640. The Balaban J connectivity index is 0.00000294. The molecule has 0 aliphatic carbocycles. The second kappa shape index (κ2) is 11.9. The lowest BCUT2D eigenvalue weighted by atomic mass is 10.0. The van der Waals surface area contributed by atoms with E-state index in [1.54, 1.807) is 0 Å². The summed E-state index contributed by atoms with van der Waals surface area (Å²) in [5.74, 6) is 0.856. The number of pyridine rings is 1. The number of nitrogens with one attached hydrogen (secondary N) is 1. The summed E-state index contributed by atoms with van der Waals surface area (Å²) in [5.41, 5.74) is 7.22. The van der Waals surface area contributed by atoms with Crippen molar-refractivity contribution in [3.63, 3.8) is 0 Å². The molecule has 2 aromatic heterocycles. The summed E-state index contributed by atoms with van der Waals surface area (Å²) >= 11 is 0. The topological polar surface area (TPSA) is 72.9 Å². The molecule has 4 nitrogen and oxygen atoms in total. The predicted molar refractivity (Wildman–Crippen MR) is 159 cm³/mol. The van der Waals surface area contributed by atoms with Crippen LogP contribution in [0.1, 0.15) is 42.5 Å². The molecule has 0 saturated carbocycles. The van der Waals surface area contributed by atoms with E-state index in [2.05, 4.69) is 77.8 Å². The molecular formula is C34H35N3O. The number of unbranched alkanes of at least 4 members (excludes halogenated alkanes) is 3. The number of H-pyrrole nitrogens is 1. The van der Waals surface area contributed by atoms with Crippen LogP contribution in [-0.4, -0.2) is 9.97 Å². The Kier molecular flexibility index (Phi) is 8.01. The van der Waals surface area contributed by atoms with Gasteiger partial charge < -0.3 is 15.9 Å². The van der Waals surface area contributed by atoms with Crippen LogP contribution in [0.25, 0.3) is 32.7 Å². The summed E-state index contributed by atoms with van der Waals surface area (Å²) < 4.78 is 6.14. The Morgan fingerprint density at radius 1 is 0.632 bits per heavy atom. The number of para-hydroxylation sites is 3. The highest BCUT2D eigenvalue weighted by atomic mass is 16.5. The van der Waals surface area contributed by atoms with Crippen LogP contribution in [0.5, 0.6) is 5.75 Å². The van der Waals surface area contributed by atoms with E-state index in [1.165, 1.54) is 46.6 Å². The van der Waals surface area contributed by atoms with Crippen molar-refractivity contribution >= 4 is 32.7 Å². The van der Waals surface area contributed by atoms with Crippen LogP contribution in [0.2, 0.25) is 0 Å². The first-order valence-corrected chi connectivity index (χ1v) is 13.4. The van der Waals surface area contributed by atoms with Gasteiger partial charge in [0.1, 0.15) is 17.9 Å². The smallest absolute Gasteiger partial charge is 0.146 e. The van der Waals surface area contributed by atoms with Gasteiger partial charge in [-0.1, -0.05) is 97.8 Å². The van der Waals surface area contributed by atoms with Crippen molar-refractivity contribution in [3.8, 4) is 5.75 Å². The predicted octanol–water partition coefficient (Wildman–Crippen LogP) is 8.96. The van der Waals surface area contributed by atoms with Gasteiger partial charge in [0, 0.05) is 32.9 Å². The minimum Gasteiger partial charge on any atom is -0.487 e. The van der Waals surface area contributed by atoms with E-state index in [1.807, 2.05) is 30.3 Å². The molecule has 0 bridgehead atoms. The number of aromatic nitrogens is 2. The molecule has 38 heavy (non-hydrogen) atoms. The lowest BCUT2D eigenvalue weighted by molar-refractivity contribution is 0.309. The van der Waals surface area contributed by atoms with Crippen LogP contribution in [0.4, 0.5) is 0 Å². The quantitative estimate of drug-likeness (QED) is 0.184. The highest BCUT2D eigenvalue weighted by Crippen LogP contribution is 2.29. The van der Waals surface area contributed by atoms with Crippen LogP contribution in [0.3, 0.4) is 0 Å². The van der Waals surface area contributed by atoms with E-state index in [0.717, 1.165) is 47.2 Å². The molecule has 2 heterocycles. The van der Waals surface area contributed by atoms with E-state index in [-0.39, 0.29) is 6.15 Å². The molecule has 0 fully saturated rings. The van der Waals surface area contributed by atoms with Crippen LogP contribution in [-0.2, 0) is 19.4 Å². The average molecular weight is 502 g/mol. The number of benzene rings is 4. The van der Waals surface area contributed by atoms with E-state index in [0.29, 0.717) is 6.61 Å². The molecule has 0 aliphatic rings. The number of fused-ring (bicyclic) bond motifs is 4. The fourth-order valence-electron chi connectivity index (χ4n) is 5.27. The zero-order chi connectivity index (χ0) is 24.9. The number of nitrogens with zero attached hydrogens (tertiary/aromatic N) is 1. The maximum absolute atomic E-state index is 6.14. The molecule has 0 spiro atoms. The first-order chi connectivity index (χ1) is 18.3. The van der Waals surface area contributed by atoms with Crippen LogP contribution in [0, 0.1) is 0 Å². The second-order valence-corrected chi connectivity index (χ2v) is 9.83. The standard InChI is InChI=1S/C34H32N2O.H3N/c1(6-14-26-15-10-19-30-29-18-8-9-20-31(29)36-33(26)30)2-7-17-28-23-22-27-16-11-21-32(34(27)35-28)37-24-25-12-4-3-5-13-25;/h3-5,8-13,15-16,18-23,36H,1-2,6-7,14,17,24H2;1H3. The van der Waals surface area contributed by atoms with E-state index < -0.39 is 0 Å². The number of hydrogen-bond donors (Lipinski definition) is 2. The Hall–Kier alpha value is -4.15. The number of ether oxygens (including phenoxy) is 1. The molecule has 0 saturated heterocycles. The number of rotatable bonds is 10. The molecule has 0 amide bonds. The molecule has 4 N–H and O–H groups in total. The van der Waals surface area contributed by atoms with Crippen LogP contribution < -0.4 is 10.9 Å². The third kappa shape index (κ3) is 5.56. The highest BCUT2D eigenvalue weighted by Gasteiger charge is 2.08. The van der Waals surface area contributed by atoms with Gasteiger partial charge in [0.25, 0.3) is 0 Å². The third-order valence-corrected chi connectivity index (χ3v) is 7.23. The van der Waals surface area contributed by atoms with Crippen LogP contribution in [0.15, 0.2) is 103 Å². The minimum atomic E-state index is 0. The van der Waals surface area contributed by atoms with Gasteiger partial charge in [0.15, 0.2) is 0 Å². The third-order valence-electron chi connectivity index (χ3n) is 7.23. The fraction of sp³-hybridized carbons (Fsp3) is 0.206. The number of hydrogen-bond acceptors (Lipinski definition) is 3. The molecule has 0 unspecified atom stereocenters. The number of aryl methyl sites for hydroxylation is 2. The van der Waals surface area contributed by atoms with Gasteiger partial charge >= 0.3 is 0 Å².